The van der Waals surface area contributed by atoms with E-state index < -0.39 is 28.9 Å². The van der Waals surface area contributed by atoms with Gasteiger partial charge in [0.1, 0.15) is 0 Å². The van der Waals surface area contributed by atoms with E-state index in [1.165, 1.54) is 0 Å². The summed E-state index contributed by atoms with van der Waals surface area (Å²) in [7, 11) is 0. The minimum atomic E-state index is -4.61. The zero-order valence-corrected chi connectivity index (χ0v) is 9.07. The molecule has 0 radical (unpaired) electrons. The highest BCUT2D eigenvalue weighted by molar-refractivity contribution is 5.95. The number of alkyl halides is 3. The van der Waals surface area contributed by atoms with Crippen molar-refractivity contribution in [3.05, 3.63) is 17.5 Å². The van der Waals surface area contributed by atoms with Crippen molar-refractivity contribution in [2.75, 3.05) is 0 Å². The molecule has 0 aliphatic rings. The van der Waals surface area contributed by atoms with Crippen LogP contribution in [-0.4, -0.2) is 21.6 Å². The van der Waals surface area contributed by atoms with E-state index in [-0.39, 0.29) is 0 Å². The van der Waals surface area contributed by atoms with Crippen LogP contribution in [0.25, 0.3) is 0 Å². The number of amides is 1. The van der Waals surface area contributed by atoms with Gasteiger partial charge in [-0.05, 0) is 20.8 Å². The van der Waals surface area contributed by atoms with Crippen molar-refractivity contribution in [3.63, 3.8) is 0 Å². The van der Waals surface area contributed by atoms with Crippen molar-refractivity contribution in [2.24, 2.45) is 0 Å². The van der Waals surface area contributed by atoms with E-state index in [1.54, 1.807) is 25.9 Å². The molecule has 0 saturated heterocycles. The summed E-state index contributed by atoms with van der Waals surface area (Å²) in [5.41, 5.74) is -2.23. The van der Waals surface area contributed by atoms with Gasteiger partial charge < -0.3 is 5.32 Å². The number of nitrogens with one attached hydrogen (secondary N) is 2. The summed E-state index contributed by atoms with van der Waals surface area (Å²) in [5.74, 6) is -0.798. The van der Waals surface area contributed by atoms with Gasteiger partial charge in [-0.2, -0.15) is 18.3 Å². The average Bonchev–Trinajstić information content (AvgIpc) is 2.45. The van der Waals surface area contributed by atoms with Crippen LogP contribution in [0, 0.1) is 0 Å². The molecule has 90 valence electrons. The molecule has 0 bridgehead atoms. The summed E-state index contributed by atoms with van der Waals surface area (Å²) < 4.78 is 37.3. The van der Waals surface area contributed by atoms with Crippen LogP contribution in [0.5, 0.6) is 0 Å². The first kappa shape index (κ1) is 12.5. The van der Waals surface area contributed by atoms with E-state index in [9.17, 15) is 18.0 Å². The maximum atomic E-state index is 12.4. The lowest BCUT2D eigenvalue weighted by atomic mass is 10.1. The van der Waals surface area contributed by atoms with Crippen molar-refractivity contribution in [1.82, 2.24) is 15.5 Å². The molecular formula is C9H12F3N3O. The van der Waals surface area contributed by atoms with Gasteiger partial charge in [-0.15, -0.1) is 0 Å². The molecule has 1 aromatic heterocycles. The number of halogens is 3. The Bertz CT molecular complexity index is 389. The third kappa shape index (κ3) is 2.98. The van der Waals surface area contributed by atoms with Gasteiger partial charge in [0.2, 0.25) is 0 Å². The topological polar surface area (TPSA) is 57.8 Å². The third-order valence-electron chi connectivity index (χ3n) is 1.66. The average molecular weight is 235 g/mol. The molecule has 0 aliphatic carbocycles. The summed E-state index contributed by atoms with van der Waals surface area (Å²) in [6.07, 6.45) is -3.75. The van der Waals surface area contributed by atoms with Gasteiger partial charge in [0.15, 0.2) is 5.69 Å². The number of aromatic nitrogens is 2. The first-order valence-corrected chi connectivity index (χ1v) is 4.54. The molecule has 0 unspecified atom stereocenters. The van der Waals surface area contributed by atoms with Gasteiger partial charge in [0.05, 0.1) is 11.8 Å². The molecule has 1 rings (SSSR count). The van der Waals surface area contributed by atoms with Crippen LogP contribution >= 0.6 is 0 Å². The largest absolute Gasteiger partial charge is 0.433 e. The summed E-state index contributed by atoms with van der Waals surface area (Å²) in [6.45, 7) is 5.04. The minimum absolute atomic E-state index is 0.498. The van der Waals surface area contributed by atoms with Crippen molar-refractivity contribution in [2.45, 2.75) is 32.5 Å². The second-order valence-corrected chi connectivity index (χ2v) is 4.36. The van der Waals surface area contributed by atoms with Crippen molar-refractivity contribution < 1.29 is 18.0 Å². The number of nitrogens with zero attached hydrogens (tertiary/aromatic N) is 1. The third-order valence-corrected chi connectivity index (χ3v) is 1.66. The van der Waals surface area contributed by atoms with E-state index >= 15 is 0 Å². The Hall–Kier alpha value is -1.53. The number of carbonyl (C=O) groups is 1. The monoisotopic (exact) mass is 235 g/mol. The summed E-state index contributed by atoms with van der Waals surface area (Å²) >= 11 is 0. The SMILES string of the molecule is CC(C)(C)NC(=O)c1cn[nH]c1C(F)(F)F. The predicted octanol–water partition coefficient (Wildman–Crippen LogP) is 1.96. The maximum Gasteiger partial charge on any atom is 0.433 e. The Kier molecular flexibility index (Phi) is 2.98. The van der Waals surface area contributed by atoms with Crippen LogP contribution in [0.1, 0.15) is 36.8 Å². The molecule has 4 nitrogen and oxygen atoms in total. The minimum Gasteiger partial charge on any atom is -0.347 e. The number of hydrogen-bond donors (Lipinski definition) is 2. The number of carbonyl (C=O) groups excluding carboxylic acids is 1. The molecule has 0 saturated carbocycles. The normalized spacial score (nSPS) is 12.6. The first-order valence-electron chi connectivity index (χ1n) is 4.54. The second kappa shape index (κ2) is 3.80. The van der Waals surface area contributed by atoms with Crippen LogP contribution in [0.4, 0.5) is 13.2 Å². The lowest BCUT2D eigenvalue weighted by molar-refractivity contribution is -0.141. The molecule has 7 heteroatoms. The number of H-pyrrole nitrogens is 1. The Morgan fingerprint density at radius 2 is 1.94 bits per heavy atom. The Labute approximate surface area is 90.2 Å². The summed E-state index contributed by atoms with van der Waals surface area (Å²) in [4.78, 5) is 11.5. The Morgan fingerprint density at radius 1 is 1.38 bits per heavy atom. The molecule has 16 heavy (non-hydrogen) atoms. The second-order valence-electron chi connectivity index (χ2n) is 4.36. The fourth-order valence-electron chi connectivity index (χ4n) is 1.08. The first-order chi connectivity index (χ1) is 7.11. The lowest BCUT2D eigenvalue weighted by Crippen LogP contribution is -2.41. The van der Waals surface area contributed by atoms with Crippen LogP contribution in [-0.2, 0) is 6.18 Å². The van der Waals surface area contributed by atoms with E-state index in [2.05, 4.69) is 10.4 Å². The number of aromatic amines is 1. The van der Waals surface area contributed by atoms with E-state index in [0.29, 0.717) is 0 Å². The maximum absolute atomic E-state index is 12.4. The molecule has 0 aromatic carbocycles. The van der Waals surface area contributed by atoms with E-state index in [1.807, 2.05) is 0 Å². The highest BCUT2D eigenvalue weighted by Gasteiger charge is 2.37. The van der Waals surface area contributed by atoms with E-state index in [0.717, 1.165) is 6.20 Å². The smallest absolute Gasteiger partial charge is 0.347 e. The summed E-state index contributed by atoms with van der Waals surface area (Å²) in [5, 5.41) is 7.45. The summed E-state index contributed by atoms with van der Waals surface area (Å²) in [6, 6.07) is 0. The van der Waals surface area contributed by atoms with Gasteiger partial charge >= 0.3 is 6.18 Å². The van der Waals surface area contributed by atoms with Gasteiger partial charge in [0, 0.05) is 5.54 Å². The predicted molar refractivity (Wildman–Crippen MR) is 50.8 cm³/mol. The molecular weight excluding hydrogens is 223 g/mol. The van der Waals surface area contributed by atoms with Gasteiger partial charge in [0.25, 0.3) is 5.91 Å². The highest BCUT2D eigenvalue weighted by atomic mass is 19.4. The van der Waals surface area contributed by atoms with Crippen LogP contribution in [0.3, 0.4) is 0 Å². The van der Waals surface area contributed by atoms with Gasteiger partial charge in [-0.1, -0.05) is 0 Å². The quantitative estimate of drug-likeness (QED) is 0.781. The molecule has 1 amide bonds. The fourth-order valence-corrected chi connectivity index (χ4v) is 1.08. The lowest BCUT2D eigenvalue weighted by Gasteiger charge is -2.20. The van der Waals surface area contributed by atoms with Crippen molar-refractivity contribution >= 4 is 5.91 Å². The van der Waals surface area contributed by atoms with Crippen molar-refractivity contribution in [3.8, 4) is 0 Å². The number of rotatable bonds is 1. The fraction of sp³-hybridized carbons (Fsp3) is 0.556. The molecule has 0 fully saturated rings. The standard InChI is InChI=1S/C9H12F3N3O/c1-8(2,3)14-7(16)5-4-13-15-6(5)9(10,11)12/h4H,1-3H3,(H,13,15)(H,14,16). The van der Waals surface area contributed by atoms with Crippen LogP contribution < -0.4 is 5.32 Å². The Balaban J connectivity index is 2.98. The molecule has 0 atom stereocenters. The molecule has 0 aliphatic heterocycles. The molecule has 1 heterocycles. The van der Waals surface area contributed by atoms with Crippen LogP contribution in [0.2, 0.25) is 0 Å². The van der Waals surface area contributed by atoms with Gasteiger partial charge in [-0.3, -0.25) is 9.89 Å². The van der Waals surface area contributed by atoms with E-state index in [4.69, 9.17) is 0 Å². The Morgan fingerprint density at radius 3 is 2.38 bits per heavy atom. The highest BCUT2D eigenvalue weighted by Crippen LogP contribution is 2.30. The van der Waals surface area contributed by atoms with Crippen molar-refractivity contribution in [1.29, 1.82) is 0 Å². The molecule has 0 spiro atoms. The number of hydrogen-bond acceptors (Lipinski definition) is 2. The van der Waals surface area contributed by atoms with Gasteiger partial charge in [-0.25, -0.2) is 0 Å². The molecule has 1 aromatic rings. The zero-order valence-electron chi connectivity index (χ0n) is 9.07. The zero-order chi connectivity index (χ0) is 12.6. The van der Waals surface area contributed by atoms with Crippen LogP contribution in [0.15, 0.2) is 6.20 Å². The molecule has 2 N–H and O–H groups in total.